The summed E-state index contributed by atoms with van der Waals surface area (Å²) in [6, 6.07) is 24.3. The monoisotopic (exact) mass is 535 g/mol. The Kier molecular flexibility index (Phi) is 7.11. The van der Waals surface area contributed by atoms with E-state index in [1.807, 2.05) is 42.1 Å². The van der Waals surface area contributed by atoms with Gasteiger partial charge < -0.3 is 14.6 Å². The molecular formula is C34H37N3O3. The fourth-order valence-electron chi connectivity index (χ4n) is 5.85. The number of allylic oxidation sites excluding steroid dienone is 1. The second-order valence-electron chi connectivity index (χ2n) is 11.3. The van der Waals surface area contributed by atoms with Gasteiger partial charge in [-0.3, -0.25) is 4.90 Å². The predicted octanol–water partition coefficient (Wildman–Crippen LogP) is 7.06. The first-order valence-corrected chi connectivity index (χ1v) is 14.2. The maximum absolute atomic E-state index is 10.2. The Hall–Kier alpha value is -4.03. The molecule has 0 bridgehead atoms. The maximum atomic E-state index is 10.2. The average Bonchev–Trinajstić information content (AvgIpc) is 3.60. The van der Waals surface area contributed by atoms with Crippen LogP contribution in [0.25, 0.3) is 16.8 Å². The highest BCUT2D eigenvalue weighted by Gasteiger charge is 2.30. The Labute approximate surface area is 236 Å². The van der Waals surface area contributed by atoms with Crippen molar-refractivity contribution in [1.82, 2.24) is 14.7 Å². The van der Waals surface area contributed by atoms with Crippen LogP contribution in [-0.4, -0.2) is 45.5 Å². The number of aromatic nitrogens is 2. The van der Waals surface area contributed by atoms with Gasteiger partial charge in [0.1, 0.15) is 30.0 Å². The van der Waals surface area contributed by atoms with Crippen molar-refractivity contribution in [3.63, 3.8) is 0 Å². The molecule has 6 heteroatoms. The van der Waals surface area contributed by atoms with Crippen molar-refractivity contribution in [2.45, 2.75) is 46.3 Å². The minimum atomic E-state index is -0.314. The van der Waals surface area contributed by atoms with E-state index in [4.69, 9.17) is 9.47 Å². The standard InChI is InChI=1S/C34H37N3O3/c1-22-14-16-36(20-22)24(3)21-39-30-11-8-26(9-12-30)34-33(25(4)31-19-29(38)10-13-32(31)40-34)27-6-5-7-28(18-27)37-17-15-23(2)35-37/h5-13,15,17-19,22,24,34,38H,14,16,20-21H2,1-4H3/t22-,24+,34?/m1/s1. The highest BCUT2D eigenvalue weighted by atomic mass is 16.5. The molecule has 0 spiro atoms. The molecule has 0 aliphatic carbocycles. The number of phenols is 1. The topological polar surface area (TPSA) is 59.8 Å². The van der Waals surface area contributed by atoms with Crippen LogP contribution in [0.4, 0.5) is 0 Å². The van der Waals surface area contributed by atoms with Gasteiger partial charge in [0, 0.05) is 29.9 Å². The van der Waals surface area contributed by atoms with Crippen LogP contribution < -0.4 is 9.47 Å². The molecule has 0 saturated carbocycles. The second kappa shape index (κ2) is 10.9. The van der Waals surface area contributed by atoms with Crippen LogP contribution in [0.1, 0.15) is 55.7 Å². The van der Waals surface area contributed by atoms with Gasteiger partial charge in [-0.1, -0.05) is 31.2 Å². The molecule has 6 nitrogen and oxygen atoms in total. The summed E-state index contributed by atoms with van der Waals surface area (Å²) >= 11 is 0. The molecule has 1 unspecified atom stereocenters. The van der Waals surface area contributed by atoms with E-state index < -0.39 is 0 Å². The Balaban J connectivity index is 1.31. The summed E-state index contributed by atoms with van der Waals surface area (Å²) < 4.78 is 14.7. The quantitative estimate of drug-likeness (QED) is 0.275. The van der Waals surface area contributed by atoms with E-state index in [1.165, 1.54) is 6.42 Å². The number of fused-ring (bicyclic) bond motifs is 1. The number of benzene rings is 3. The number of likely N-dealkylation sites (tertiary alicyclic amines) is 1. The van der Waals surface area contributed by atoms with Crippen molar-refractivity contribution in [3.8, 4) is 22.9 Å². The van der Waals surface area contributed by atoms with Crippen molar-refractivity contribution in [2.24, 2.45) is 5.92 Å². The van der Waals surface area contributed by atoms with Crippen molar-refractivity contribution in [3.05, 3.63) is 101 Å². The molecule has 0 radical (unpaired) electrons. The first-order valence-electron chi connectivity index (χ1n) is 14.2. The number of aromatic hydroxyl groups is 1. The third kappa shape index (κ3) is 5.24. The molecule has 206 valence electrons. The Morgan fingerprint density at radius 3 is 2.60 bits per heavy atom. The Morgan fingerprint density at radius 2 is 1.88 bits per heavy atom. The summed E-state index contributed by atoms with van der Waals surface area (Å²) in [6.07, 6.45) is 2.93. The van der Waals surface area contributed by atoms with E-state index in [9.17, 15) is 5.11 Å². The van der Waals surface area contributed by atoms with Gasteiger partial charge in [-0.2, -0.15) is 5.10 Å². The minimum absolute atomic E-state index is 0.222. The maximum Gasteiger partial charge on any atom is 0.150 e. The van der Waals surface area contributed by atoms with Crippen LogP contribution in [0, 0.1) is 12.8 Å². The zero-order valence-corrected chi connectivity index (χ0v) is 23.7. The van der Waals surface area contributed by atoms with Gasteiger partial charge in [-0.25, -0.2) is 4.68 Å². The van der Waals surface area contributed by atoms with Crippen LogP contribution in [-0.2, 0) is 0 Å². The summed E-state index contributed by atoms with van der Waals surface area (Å²) in [6.45, 7) is 11.6. The first-order chi connectivity index (χ1) is 19.4. The number of hydrogen-bond acceptors (Lipinski definition) is 5. The highest BCUT2D eigenvalue weighted by molar-refractivity contribution is 5.96. The smallest absolute Gasteiger partial charge is 0.150 e. The number of hydrogen-bond donors (Lipinski definition) is 1. The van der Waals surface area contributed by atoms with Crippen LogP contribution in [0.3, 0.4) is 0 Å². The van der Waals surface area contributed by atoms with E-state index in [-0.39, 0.29) is 11.9 Å². The van der Waals surface area contributed by atoms with Crippen molar-refractivity contribution in [1.29, 1.82) is 0 Å². The lowest BCUT2D eigenvalue weighted by Crippen LogP contribution is -2.35. The lowest BCUT2D eigenvalue weighted by molar-refractivity contribution is 0.169. The van der Waals surface area contributed by atoms with Gasteiger partial charge in [0.15, 0.2) is 0 Å². The Morgan fingerprint density at radius 1 is 1.05 bits per heavy atom. The fraction of sp³-hybridized carbons (Fsp3) is 0.324. The van der Waals surface area contributed by atoms with Gasteiger partial charge in [0.25, 0.3) is 0 Å². The van der Waals surface area contributed by atoms with Gasteiger partial charge in [0.05, 0.1) is 11.4 Å². The summed E-state index contributed by atoms with van der Waals surface area (Å²) in [5.74, 6) is 2.61. The zero-order chi connectivity index (χ0) is 27.8. The molecule has 0 amide bonds. The molecule has 1 aromatic heterocycles. The molecule has 3 aromatic carbocycles. The Bertz CT molecular complexity index is 1540. The molecule has 3 heterocycles. The molecule has 1 fully saturated rings. The molecule has 1 saturated heterocycles. The lowest BCUT2D eigenvalue weighted by atomic mass is 9.86. The lowest BCUT2D eigenvalue weighted by Gasteiger charge is -2.31. The van der Waals surface area contributed by atoms with E-state index >= 15 is 0 Å². The summed E-state index contributed by atoms with van der Waals surface area (Å²) in [5, 5.41) is 14.8. The van der Waals surface area contributed by atoms with Gasteiger partial charge in [0.2, 0.25) is 0 Å². The van der Waals surface area contributed by atoms with Crippen LogP contribution in [0.15, 0.2) is 79.0 Å². The minimum Gasteiger partial charge on any atom is -0.508 e. The normalized spacial score (nSPS) is 19.8. The zero-order valence-electron chi connectivity index (χ0n) is 23.7. The number of ether oxygens (including phenoxy) is 2. The third-order valence-corrected chi connectivity index (χ3v) is 8.17. The molecule has 3 atom stereocenters. The van der Waals surface area contributed by atoms with Crippen LogP contribution >= 0.6 is 0 Å². The number of nitrogens with zero attached hydrogens (tertiary/aromatic N) is 3. The van der Waals surface area contributed by atoms with Crippen molar-refractivity contribution < 1.29 is 14.6 Å². The molecule has 2 aliphatic heterocycles. The van der Waals surface area contributed by atoms with Crippen LogP contribution in [0.5, 0.6) is 17.2 Å². The van der Waals surface area contributed by atoms with Gasteiger partial charge in [-0.05, 0) is 105 Å². The molecule has 40 heavy (non-hydrogen) atoms. The van der Waals surface area contributed by atoms with Crippen molar-refractivity contribution in [2.75, 3.05) is 19.7 Å². The molecular weight excluding hydrogens is 498 g/mol. The van der Waals surface area contributed by atoms with Gasteiger partial charge >= 0.3 is 0 Å². The number of rotatable bonds is 7. The molecule has 4 aromatic rings. The largest absolute Gasteiger partial charge is 0.508 e. The molecule has 1 N–H and O–H groups in total. The molecule has 2 aliphatic rings. The average molecular weight is 536 g/mol. The third-order valence-electron chi connectivity index (χ3n) is 8.17. The van der Waals surface area contributed by atoms with E-state index in [2.05, 4.69) is 67.2 Å². The van der Waals surface area contributed by atoms with Gasteiger partial charge in [-0.15, -0.1) is 0 Å². The van der Waals surface area contributed by atoms with Crippen molar-refractivity contribution >= 4 is 11.1 Å². The second-order valence-corrected chi connectivity index (χ2v) is 11.3. The number of aryl methyl sites for hydroxylation is 1. The van der Waals surface area contributed by atoms with Crippen LogP contribution in [0.2, 0.25) is 0 Å². The first kappa shape index (κ1) is 26.2. The number of phenolic OH excluding ortho intramolecular Hbond substituents is 1. The SMILES string of the molecule is CC1=C(c2cccc(-n3ccc(C)n3)c2)C(c2ccc(OC[C@H](C)N3CC[C@@H](C)C3)cc2)Oc2ccc(O)cc21. The van der Waals surface area contributed by atoms with E-state index in [0.29, 0.717) is 12.6 Å². The predicted molar refractivity (Wildman–Crippen MR) is 159 cm³/mol. The summed E-state index contributed by atoms with van der Waals surface area (Å²) in [5.41, 5.74) is 7.08. The highest BCUT2D eigenvalue weighted by Crippen LogP contribution is 2.47. The van der Waals surface area contributed by atoms with E-state index in [0.717, 1.165) is 69.7 Å². The molecule has 6 rings (SSSR count). The summed E-state index contributed by atoms with van der Waals surface area (Å²) in [7, 11) is 0. The van der Waals surface area contributed by atoms with E-state index in [1.54, 1.807) is 12.1 Å². The fourth-order valence-corrected chi connectivity index (χ4v) is 5.85. The summed E-state index contributed by atoms with van der Waals surface area (Å²) in [4.78, 5) is 2.52.